The molecular formula is C13H15N3O4S. The summed E-state index contributed by atoms with van der Waals surface area (Å²) < 4.78 is 26.8. The Bertz CT molecular complexity index is 774. The van der Waals surface area contributed by atoms with Crippen molar-refractivity contribution in [1.29, 1.82) is 0 Å². The van der Waals surface area contributed by atoms with E-state index in [1.807, 2.05) is 24.3 Å². The molecule has 0 unspecified atom stereocenters. The molecule has 0 fully saturated rings. The van der Waals surface area contributed by atoms with Crippen molar-refractivity contribution in [3.8, 4) is 5.88 Å². The Balaban J connectivity index is 2.23. The summed E-state index contributed by atoms with van der Waals surface area (Å²) in [4.78, 5) is 16.1. The van der Waals surface area contributed by atoms with E-state index < -0.39 is 15.9 Å². The maximum absolute atomic E-state index is 12.0. The maximum atomic E-state index is 12.0. The average Bonchev–Trinajstić information content (AvgIpc) is 2.44. The van der Waals surface area contributed by atoms with Crippen molar-refractivity contribution < 1.29 is 17.9 Å². The van der Waals surface area contributed by atoms with Crippen molar-refractivity contribution in [2.45, 2.75) is 0 Å². The van der Waals surface area contributed by atoms with Gasteiger partial charge in [-0.15, -0.1) is 0 Å². The first-order valence-corrected chi connectivity index (χ1v) is 7.85. The second-order valence-corrected chi connectivity index (χ2v) is 6.09. The lowest BCUT2D eigenvalue weighted by Crippen LogP contribution is -2.31. The van der Waals surface area contributed by atoms with Gasteiger partial charge in [0.15, 0.2) is 0 Å². The number of hydrogen-bond donors (Lipinski definition) is 2. The monoisotopic (exact) mass is 309 g/mol. The van der Waals surface area contributed by atoms with Gasteiger partial charge in [0.05, 0.1) is 12.9 Å². The first-order chi connectivity index (χ1) is 9.90. The van der Waals surface area contributed by atoms with Crippen molar-refractivity contribution in [1.82, 2.24) is 10.3 Å². The zero-order valence-corrected chi connectivity index (χ0v) is 12.2. The number of ether oxygens (including phenoxy) is 1. The van der Waals surface area contributed by atoms with Gasteiger partial charge >= 0.3 is 0 Å². The number of benzene rings is 1. The van der Waals surface area contributed by atoms with Crippen LogP contribution in [0.15, 0.2) is 30.3 Å². The highest BCUT2D eigenvalue weighted by molar-refractivity contribution is 7.89. The van der Waals surface area contributed by atoms with E-state index in [-0.39, 0.29) is 18.0 Å². The lowest BCUT2D eigenvalue weighted by atomic mass is 10.1. The van der Waals surface area contributed by atoms with Gasteiger partial charge in [0.2, 0.25) is 15.9 Å². The third kappa shape index (κ3) is 3.89. The number of nitrogens with two attached hydrogens (primary N) is 1. The molecule has 2 rings (SSSR count). The van der Waals surface area contributed by atoms with Crippen LogP contribution in [0.1, 0.15) is 10.5 Å². The van der Waals surface area contributed by atoms with E-state index >= 15 is 0 Å². The van der Waals surface area contributed by atoms with Gasteiger partial charge in [0.25, 0.3) is 5.91 Å². The zero-order valence-electron chi connectivity index (χ0n) is 11.4. The van der Waals surface area contributed by atoms with Crippen LogP contribution in [0.2, 0.25) is 0 Å². The molecule has 1 aromatic carbocycles. The molecule has 112 valence electrons. The van der Waals surface area contributed by atoms with Gasteiger partial charge in [0.1, 0.15) is 5.69 Å². The molecule has 8 heteroatoms. The molecule has 0 saturated heterocycles. The molecule has 2 aromatic rings. The van der Waals surface area contributed by atoms with E-state index in [0.717, 1.165) is 10.8 Å². The predicted octanol–water partition coefficient (Wildman–Crippen LogP) is 0.262. The van der Waals surface area contributed by atoms with Gasteiger partial charge in [-0.25, -0.2) is 18.5 Å². The number of carbonyl (C=O) groups excluding carboxylic acids is 1. The summed E-state index contributed by atoms with van der Waals surface area (Å²) >= 11 is 0. The number of sulfonamides is 1. The summed E-state index contributed by atoms with van der Waals surface area (Å²) in [6.45, 7) is -0.0749. The summed E-state index contributed by atoms with van der Waals surface area (Å²) in [5.74, 6) is -0.476. The fourth-order valence-corrected chi connectivity index (χ4v) is 2.22. The number of nitrogens with one attached hydrogen (secondary N) is 1. The molecule has 0 atom stereocenters. The summed E-state index contributed by atoms with van der Waals surface area (Å²) in [6.07, 6.45) is 0. The molecule has 1 aromatic heterocycles. The van der Waals surface area contributed by atoms with Gasteiger partial charge in [-0.05, 0) is 17.5 Å². The minimum Gasteiger partial charge on any atom is -0.481 e. The number of fused-ring (bicyclic) bond motifs is 1. The Hall–Kier alpha value is -2.19. The molecule has 21 heavy (non-hydrogen) atoms. The summed E-state index contributed by atoms with van der Waals surface area (Å²) in [6, 6.07) is 8.97. The highest BCUT2D eigenvalue weighted by Gasteiger charge is 2.13. The predicted molar refractivity (Wildman–Crippen MR) is 78.6 cm³/mol. The standard InChI is InChI=1S/C13H15N3O4S/c1-20-13-10-5-3-2-4-9(10)8-11(16-13)12(17)15-6-7-21(14,18)19/h2-5,8H,6-7H2,1H3,(H,15,17)(H2,14,18,19). The van der Waals surface area contributed by atoms with E-state index in [4.69, 9.17) is 9.88 Å². The Morgan fingerprint density at radius 3 is 2.76 bits per heavy atom. The molecular weight excluding hydrogens is 294 g/mol. The van der Waals surface area contributed by atoms with E-state index in [0.29, 0.717) is 5.88 Å². The molecule has 0 aliphatic carbocycles. The van der Waals surface area contributed by atoms with Crippen molar-refractivity contribution >= 4 is 26.7 Å². The van der Waals surface area contributed by atoms with Crippen LogP contribution in [-0.4, -0.2) is 38.7 Å². The molecule has 1 heterocycles. The van der Waals surface area contributed by atoms with Gasteiger partial charge in [0, 0.05) is 11.9 Å². The number of primary sulfonamides is 1. The molecule has 0 radical (unpaired) electrons. The summed E-state index contributed by atoms with van der Waals surface area (Å²) in [5.41, 5.74) is 0.153. The van der Waals surface area contributed by atoms with E-state index in [2.05, 4.69) is 10.3 Å². The van der Waals surface area contributed by atoms with Crippen LogP contribution < -0.4 is 15.2 Å². The minimum atomic E-state index is -3.61. The third-order valence-corrected chi connectivity index (χ3v) is 3.58. The van der Waals surface area contributed by atoms with Gasteiger partial charge < -0.3 is 10.1 Å². The highest BCUT2D eigenvalue weighted by Crippen LogP contribution is 2.23. The van der Waals surface area contributed by atoms with Crippen LogP contribution in [0.25, 0.3) is 10.8 Å². The number of amides is 1. The van der Waals surface area contributed by atoms with Gasteiger partial charge in [-0.1, -0.05) is 18.2 Å². The highest BCUT2D eigenvalue weighted by atomic mass is 32.2. The van der Waals surface area contributed by atoms with Crippen LogP contribution >= 0.6 is 0 Å². The van der Waals surface area contributed by atoms with Crippen LogP contribution in [-0.2, 0) is 10.0 Å². The summed E-state index contributed by atoms with van der Waals surface area (Å²) in [7, 11) is -2.14. The van der Waals surface area contributed by atoms with E-state index in [9.17, 15) is 13.2 Å². The van der Waals surface area contributed by atoms with Crippen LogP contribution in [0.5, 0.6) is 5.88 Å². The molecule has 0 spiro atoms. The number of pyridine rings is 1. The molecule has 0 aliphatic rings. The van der Waals surface area contributed by atoms with Gasteiger partial charge in [-0.2, -0.15) is 0 Å². The topological polar surface area (TPSA) is 111 Å². The zero-order chi connectivity index (χ0) is 15.5. The molecule has 0 saturated carbocycles. The smallest absolute Gasteiger partial charge is 0.270 e. The normalized spacial score (nSPS) is 11.3. The largest absolute Gasteiger partial charge is 0.481 e. The van der Waals surface area contributed by atoms with Crippen LogP contribution in [0.3, 0.4) is 0 Å². The Kier molecular flexibility index (Phi) is 4.39. The second-order valence-electron chi connectivity index (χ2n) is 4.36. The molecule has 0 bridgehead atoms. The second kappa shape index (κ2) is 6.06. The fraction of sp³-hybridized carbons (Fsp3) is 0.231. The Morgan fingerprint density at radius 2 is 2.10 bits per heavy atom. The molecule has 7 nitrogen and oxygen atoms in total. The SMILES string of the molecule is COc1nc(C(=O)NCCS(N)(=O)=O)cc2ccccc12. The van der Waals surface area contributed by atoms with Crippen molar-refractivity contribution in [2.75, 3.05) is 19.4 Å². The Labute approximate surface area is 122 Å². The first-order valence-electron chi connectivity index (χ1n) is 6.13. The molecule has 0 aliphatic heterocycles. The number of carbonyl (C=O) groups is 1. The number of aromatic nitrogens is 1. The molecule has 1 amide bonds. The molecule has 3 N–H and O–H groups in total. The Morgan fingerprint density at radius 1 is 1.38 bits per heavy atom. The van der Waals surface area contributed by atoms with E-state index in [1.165, 1.54) is 7.11 Å². The lowest BCUT2D eigenvalue weighted by molar-refractivity contribution is 0.0950. The quantitative estimate of drug-likeness (QED) is 0.823. The van der Waals surface area contributed by atoms with Crippen molar-refractivity contribution in [2.24, 2.45) is 5.14 Å². The van der Waals surface area contributed by atoms with Crippen LogP contribution in [0, 0.1) is 0 Å². The number of nitrogens with zero attached hydrogens (tertiary/aromatic N) is 1. The van der Waals surface area contributed by atoms with E-state index in [1.54, 1.807) is 6.07 Å². The lowest BCUT2D eigenvalue weighted by Gasteiger charge is -2.08. The van der Waals surface area contributed by atoms with Crippen molar-refractivity contribution in [3.63, 3.8) is 0 Å². The van der Waals surface area contributed by atoms with Crippen molar-refractivity contribution in [3.05, 3.63) is 36.0 Å². The number of hydrogen-bond acceptors (Lipinski definition) is 5. The maximum Gasteiger partial charge on any atom is 0.270 e. The van der Waals surface area contributed by atoms with Gasteiger partial charge in [-0.3, -0.25) is 4.79 Å². The van der Waals surface area contributed by atoms with Crippen LogP contribution in [0.4, 0.5) is 0 Å². The third-order valence-electron chi connectivity index (χ3n) is 2.80. The summed E-state index contributed by atoms with van der Waals surface area (Å²) in [5, 5.41) is 8.92. The minimum absolute atomic E-state index is 0.0749. The fourth-order valence-electron chi connectivity index (χ4n) is 1.84. The number of methoxy groups -OCH3 is 1. The first kappa shape index (κ1) is 15.2. The number of rotatable bonds is 5. The average molecular weight is 309 g/mol.